The van der Waals surface area contributed by atoms with Gasteiger partial charge in [-0.3, -0.25) is 0 Å². The number of ketones is 1. The smallest absolute Gasteiger partial charge is 0.130 e. The highest BCUT2D eigenvalue weighted by Gasteiger charge is 2.40. The summed E-state index contributed by atoms with van der Waals surface area (Å²) >= 11 is 0. The van der Waals surface area contributed by atoms with Gasteiger partial charge in [0.05, 0.1) is 0 Å². The molecule has 1 heteroatoms. The molecule has 0 aliphatic heterocycles. The van der Waals surface area contributed by atoms with Crippen LogP contribution in [0.2, 0.25) is 0 Å². The lowest BCUT2D eigenvalue weighted by Crippen LogP contribution is -2.37. The van der Waals surface area contributed by atoms with Crippen molar-refractivity contribution >= 4 is 5.78 Å². The van der Waals surface area contributed by atoms with Gasteiger partial charge in [-0.25, -0.2) is 0 Å². The van der Waals surface area contributed by atoms with E-state index in [0.29, 0.717) is 5.78 Å². The van der Waals surface area contributed by atoms with E-state index in [2.05, 4.69) is 26.2 Å². The van der Waals surface area contributed by atoms with Crippen LogP contribution in [0.1, 0.15) is 78.6 Å². The van der Waals surface area contributed by atoms with Crippen LogP contribution in [-0.4, -0.2) is 5.78 Å². The first kappa shape index (κ1) is 18.0. The number of hydrogen-bond acceptors (Lipinski definition) is 1. The molecule has 1 nitrogen and oxygen atoms in total. The Bertz CT molecular complexity index is 512. The molecule has 0 heterocycles. The summed E-state index contributed by atoms with van der Waals surface area (Å²) in [5.41, 5.74) is 4.47. The van der Waals surface area contributed by atoms with E-state index in [9.17, 15) is 4.79 Å². The van der Waals surface area contributed by atoms with Crippen molar-refractivity contribution in [1.82, 2.24) is 0 Å². The molecule has 134 valence electrons. The first-order valence-electron chi connectivity index (χ1n) is 10.3. The van der Waals surface area contributed by atoms with E-state index >= 15 is 0 Å². The second-order valence-electron chi connectivity index (χ2n) is 9.35. The van der Waals surface area contributed by atoms with Crippen LogP contribution in [0.15, 0.2) is 17.9 Å². The van der Waals surface area contributed by atoms with Gasteiger partial charge < -0.3 is 4.79 Å². The van der Waals surface area contributed by atoms with Crippen LogP contribution in [-0.2, 0) is 4.79 Å². The zero-order valence-electron chi connectivity index (χ0n) is 16.0. The average molecular weight is 329 g/mol. The molecule has 0 N–H and O–H groups in total. The molecule has 0 spiro atoms. The molecule has 5 saturated carbocycles. The van der Waals surface area contributed by atoms with Crippen LogP contribution in [0.3, 0.4) is 0 Å². The third kappa shape index (κ3) is 3.88. The molecule has 5 fully saturated rings. The molecule has 5 rings (SSSR count). The third-order valence-corrected chi connectivity index (χ3v) is 7.78. The second-order valence-corrected chi connectivity index (χ2v) is 9.35. The standard InChI is InChI=1S/C12H20O.C11H16/c1-8-5-11-4-3-10(8)7-12(11)6-9(2)13;1-3-8(2)11-7-9-4-5-10(11)6-9/h8,10-12H,3-7H2,1-2H3;9-11H,1,4-7H2,2H3. The summed E-state index contributed by atoms with van der Waals surface area (Å²) in [5, 5.41) is 0. The van der Waals surface area contributed by atoms with E-state index in [0.717, 1.165) is 47.8 Å². The van der Waals surface area contributed by atoms with Crippen LogP contribution >= 0.6 is 0 Å². The zero-order valence-corrected chi connectivity index (χ0v) is 16.0. The fourth-order valence-corrected chi connectivity index (χ4v) is 6.39. The summed E-state index contributed by atoms with van der Waals surface area (Å²) in [4.78, 5) is 11.1. The van der Waals surface area contributed by atoms with Crippen molar-refractivity contribution < 1.29 is 4.79 Å². The molecule has 5 aliphatic carbocycles. The summed E-state index contributed by atoms with van der Waals surface area (Å²) in [6.45, 7) is 10.1. The summed E-state index contributed by atoms with van der Waals surface area (Å²) in [5.74, 6) is 6.78. The van der Waals surface area contributed by atoms with Gasteiger partial charge in [-0.15, -0.1) is 5.73 Å². The highest BCUT2D eigenvalue weighted by Crippen LogP contribution is 2.51. The Morgan fingerprint density at radius 3 is 2.12 bits per heavy atom. The SMILES string of the molecule is C=C=C(C)C1CC2CCC1C2.CC(=O)CC1CC2CCC1CC2C. The van der Waals surface area contributed by atoms with Crippen molar-refractivity contribution in [3.05, 3.63) is 17.9 Å². The van der Waals surface area contributed by atoms with Gasteiger partial charge >= 0.3 is 0 Å². The van der Waals surface area contributed by atoms with E-state index in [1.54, 1.807) is 6.92 Å². The molecular formula is C23H36O. The topological polar surface area (TPSA) is 17.1 Å². The monoisotopic (exact) mass is 328 g/mol. The maximum Gasteiger partial charge on any atom is 0.130 e. The van der Waals surface area contributed by atoms with Gasteiger partial charge in [0.15, 0.2) is 0 Å². The van der Waals surface area contributed by atoms with Gasteiger partial charge in [0.25, 0.3) is 0 Å². The highest BCUT2D eigenvalue weighted by atomic mass is 16.1. The van der Waals surface area contributed by atoms with Gasteiger partial charge in [0.2, 0.25) is 0 Å². The highest BCUT2D eigenvalue weighted by molar-refractivity contribution is 5.75. The van der Waals surface area contributed by atoms with Crippen molar-refractivity contribution in [3.63, 3.8) is 0 Å². The maximum absolute atomic E-state index is 11.1. The van der Waals surface area contributed by atoms with Crippen molar-refractivity contribution in [2.45, 2.75) is 78.6 Å². The Kier molecular flexibility index (Phi) is 5.70. The molecule has 7 atom stereocenters. The molecule has 0 aromatic carbocycles. The number of carbonyl (C=O) groups is 1. The van der Waals surface area contributed by atoms with Crippen LogP contribution in [0.5, 0.6) is 0 Å². The second kappa shape index (κ2) is 7.61. The lowest BCUT2D eigenvalue weighted by Gasteiger charge is -2.46. The summed E-state index contributed by atoms with van der Waals surface area (Å²) < 4.78 is 0. The number of rotatable bonds is 3. The van der Waals surface area contributed by atoms with Gasteiger partial charge in [-0.05, 0) is 106 Å². The van der Waals surface area contributed by atoms with Crippen molar-refractivity contribution in [2.24, 2.45) is 41.4 Å². The van der Waals surface area contributed by atoms with Crippen LogP contribution < -0.4 is 0 Å². The lowest BCUT2D eigenvalue weighted by molar-refractivity contribution is -0.119. The number of carbonyl (C=O) groups excluding carboxylic acids is 1. The molecule has 0 radical (unpaired) electrons. The molecule has 0 aromatic heterocycles. The molecule has 24 heavy (non-hydrogen) atoms. The first-order valence-corrected chi connectivity index (χ1v) is 10.3. The molecule has 0 aromatic rings. The zero-order chi connectivity index (χ0) is 17.3. The van der Waals surface area contributed by atoms with E-state index in [1.165, 1.54) is 56.9 Å². The quantitative estimate of drug-likeness (QED) is 0.564. The normalized spacial score (nSPS) is 42.2. The predicted octanol–water partition coefficient (Wildman–Crippen LogP) is 6.19. The van der Waals surface area contributed by atoms with E-state index < -0.39 is 0 Å². The molecule has 4 bridgehead atoms. The van der Waals surface area contributed by atoms with Crippen molar-refractivity contribution in [1.29, 1.82) is 0 Å². The van der Waals surface area contributed by atoms with Gasteiger partial charge in [0, 0.05) is 6.42 Å². The number of allylic oxidation sites excluding steroid dienone is 1. The number of hydrogen-bond donors (Lipinski definition) is 0. The van der Waals surface area contributed by atoms with Crippen LogP contribution in [0, 0.1) is 41.4 Å². The summed E-state index contributed by atoms with van der Waals surface area (Å²) in [7, 11) is 0. The Labute approximate surface area is 149 Å². The fraction of sp³-hybridized carbons (Fsp3) is 0.826. The minimum absolute atomic E-state index is 0.394. The Balaban J connectivity index is 0.000000143. The average Bonchev–Trinajstić information content (AvgIpc) is 3.18. The van der Waals surface area contributed by atoms with E-state index in [-0.39, 0.29) is 0 Å². The minimum Gasteiger partial charge on any atom is -0.300 e. The van der Waals surface area contributed by atoms with Crippen LogP contribution in [0.25, 0.3) is 0 Å². The number of fused-ring (bicyclic) bond motifs is 5. The third-order valence-electron chi connectivity index (χ3n) is 7.78. The van der Waals surface area contributed by atoms with Crippen LogP contribution in [0.4, 0.5) is 0 Å². The predicted molar refractivity (Wildman–Crippen MR) is 101 cm³/mol. The van der Waals surface area contributed by atoms with E-state index in [4.69, 9.17) is 0 Å². The van der Waals surface area contributed by atoms with Gasteiger partial charge in [-0.1, -0.05) is 19.9 Å². The largest absolute Gasteiger partial charge is 0.300 e. The van der Waals surface area contributed by atoms with Crippen molar-refractivity contribution in [3.8, 4) is 0 Å². The van der Waals surface area contributed by atoms with Gasteiger partial charge in [-0.2, -0.15) is 0 Å². The lowest BCUT2D eigenvalue weighted by atomic mass is 9.59. The van der Waals surface area contributed by atoms with Gasteiger partial charge in [0.1, 0.15) is 5.78 Å². The Morgan fingerprint density at radius 2 is 1.67 bits per heavy atom. The molecule has 7 unspecified atom stereocenters. The minimum atomic E-state index is 0.394. The Hall–Kier alpha value is -0.810. The first-order chi connectivity index (χ1) is 11.5. The molecule has 0 saturated heterocycles. The molecule has 0 amide bonds. The van der Waals surface area contributed by atoms with E-state index in [1.807, 2.05) is 0 Å². The summed E-state index contributed by atoms with van der Waals surface area (Å²) in [6.07, 6.45) is 12.3. The molecule has 5 aliphatic rings. The maximum atomic E-state index is 11.1. The fourth-order valence-electron chi connectivity index (χ4n) is 6.39. The van der Waals surface area contributed by atoms with Crippen molar-refractivity contribution in [2.75, 3.05) is 0 Å². The summed E-state index contributed by atoms with van der Waals surface area (Å²) in [6, 6.07) is 0. The number of Topliss-reactive ketones (excluding diaryl/α,β-unsaturated/α-hetero) is 1. The molecular weight excluding hydrogens is 292 g/mol. The Morgan fingerprint density at radius 1 is 0.958 bits per heavy atom.